The molecule has 3 heteroatoms. The van der Waals surface area contributed by atoms with E-state index < -0.39 is 0 Å². The predicted molar refractivity (Wildman–Crippen MR) is 41.3 cm³/mol. The molecular weight excluding hydrogens is 144 g/mol. The van der Waals surface area contributed by atoms with Gasteiger partial charge in [-0.25, -0.2) is 0 Å². The third kappa shape index (κ3) is 1.18. The molecule has 0 atom stereocenters. The van der Waals surface area contributed by atoms with E-state index in [9.17, 15) is 0 Å². The number of hydrogen-bond acceptors (Lipinski definition) is 3. The lowest BCUT2D eigenvalue weighted by Crippen LogP contribution is -1.88. The van der Waals surface area contributed by atoms with Crippen molar-refractivity contribution < 1.29 is 13.9 Å². The topological polar surface area (TPSA) is 31.6 Å². The molecule has 0 N–H and O–H groups in total. The first-order valence-corrected chi connectivity index (χ1v) is 3.38. The normalized spacial score (nSPS) is 9.82. The van der Waals surface area contributed by atoms with Crippen LogP contribution in [0.4, 0.5) is 0 Å². The maximum absolute atomic E-state index is 5.28. The smallest absolute Gasteiger partial charge is 0.202 e. The van der Waals surface area contributed by atoms with Gasteiger partial charge in [0.15, 0.2) is 0 Å². The first-order valence-electron chi connectivity index (χ1n) is 3.38. The third-order valence-corrected chi connectivity index (χ3v) is 1.56. The Bertz CT molecular complexity index is 226. The van der Waals surface area contributed by atoms with Gasteiger partial charge >= 0.3 is 0 Å². The zero-order valence-electron chi connectivity index (χ0n) is 7.22. The summed E-state index contributed by atoms with van der Waals surface area (Å²) in [4.78, 5) is 0. The summed E-state index contributed by atoms with van der Waals surface area (Å²) in [6.07, 6.45) is 0. The van der Waals surface area contributed by atoms with E-state index in [-0.39, 0.29) is 0 Å². The molecule has 0 aromatic carbocycles. The lowest BCUT2D eigenvalue weighted by Gasteiger charge is -2.00. The lowest BCUT2D eigenvalue weighted by molar-refractivity contribution is 0.355. The molecule has 0 radical (unpaired) electrons. The van der Waals surface area contributed by atoms with Crippen LogP contribution >= 0.6 is 0 Å². The van der Waals surface area contributed by atoms with E-state index in [0.717, 1.165) is 11.5 Å². The molecule has 1 heterocycles. The van der Waals surface area contributed by atoms with Crippen LogP contribution in [0.5, 0.6) is 11.5 Å². The van der Waals surface area contributed by atoms with Crippen molar-refractivity contribution in [2.45, 2.75) is 13.8 Å². The van der Waals surface area contributed by atoms with E-state index in [1.807, 2.05) is 13.8 Å². The Labute approximate surface area is 65.9 Å². The zero-order chi connectivity index (χ0) is 8.43. The Morgan fingerprint density at radius 1 is 0.909 bits per heavy atom. The summed E-state index contributed by atoms with van der Waals surface area (Å²) in [7, 11) is 3.19. The average Bonchev–Trinajstić information content (AvgIpc) is 2.24. The first-order chi connectivity index (χ1) is 5.20. The number of ether oxygens (including phenoxy) is 2. The van der Waals surface area contributed by atoms with E-state index >= 15 is 0 Å². The van der Waals surface area contributed by atoms with Gasteiger partial charge in [0, 0.05) is 0 Å². The molecule has 3 nitrogen and oxygen atoms in total. The van der Waals surface area contributed by atoms with Crippen LogP contribution in [-0.4, -0.2) is 14.2 Å². The average molecular weight is 156 g/mol. The highest BCUT2D eigenvalue weighted by Crippen LogP contribution is 2.36. The summed E-state index contributed by atoms with van der Waals surface area (Å²) >= 11 is 0. The van der Waals surface area contributed by atoms with Crippen LogP contribution in [0.25, 0.3) is 0 Å². The van der Waals surface area contributed by atoms with Gasteiger partial charge in [0.05, 0.1) is 14.2 Å². The maximum atomic E-state index is 5.28. The van der Waals surface area contributed by atoms with Crippen LogP contribution < -0.4 is 9.47 Å². The van der Waals surface area contributed by atoms with E-state index in [2.05, 4.69) is 0 Å². The molecule has 0 saturated carbocycles. The number of methoxy groups -OCH3 is 2. The lowest BCUT2D eigenvalue weighted by atomic mass is 10.4. The van der Waals surface area contributed by atoms with Gasteiger partial charge in [-0.1, -0.05) is 0 Å². The molecule has 0 aliphatic carbocycles. The van der Waals surface area contributed by atoms with Crippen LogP contribution in [0.15, 0.2) is 4.42 Å². The van der Waals surface area contributed by atoms with Gasteiger partial charge in [-0.3, -0.25) is 0 Å². The number of furan rings is 1. The number of rotatable bonds is 2. The summed E-state index contributed by atoms with van der Waals surface area (Å²) in [6.45, 7) is 3.68. The Kier molecular flexibility index (Phi) is 2.08. The highest BCUT2D eigenvalue weighted by Gasteiger charge is 2.15. The van der Waals surface area contributed by atoms with Crippen molar-refractivity contribution >= 4 is 0 Å². The fourth-order valence-electron chi connectivity index (χ4n) is 1.11. The van der Waals surface area contributed by atoms with Crippen molar-refractivity contribution in [2.75, 3.05) is 14.2 Å². The fourth-order valence-corrected chi connectivity index (χ4v) is 1.11. The highest BCUT2D eigenvalue weighted by atomic mass is 16.5. The van der Waals surface area contributed by atoms with Crippen LogP contribution in [0.2, 0.25) is 0 Å². The van der Waals surface area contributed by atoms with Crippen LogP contribution in [0.3, 0.4) is 0 Å². The molecule has 1 aromatic rings. The van der Waals surface area contributed by atoms with E-state index in [4.69, 9.17) is 13.9 Å². The minimum atomic E-state index is 0.685. The van der Waals surface area contributed by atoms with Crippen LogP contribution in [-0.2, 0) is 0 Å². The summed E-state index contributed by atoms with van der Waals surface area (Å²) < 4.78 is 15.4. The molecule has 0 fully saturated rings. The second kappa shape index (κ2) is 2.86. The van der Waals surface area contributed by atoms with Gasteiger partial charge in [0.1, 0.15) is 11.5 Å². The molecule has 0 aliphatic heterocycles. The van der Waals surface area contributed by atoms with Crippen molar-refractivity contribution in [3.8, 4) is 11.5 Å². The highest BCUT2D eigenvalue weighted by molar-refractivity contribution is 5.45. The van der Waals surface area contributed by atoms with Crippen molar-refractivity contribution in [1.82, 2.24) is 0 Å². The quantitative estimate of drug-likeness (QED) is 0.655. The summed E-state index contributed by atoms with van der Waals surface area (Å²) in [5.41, 5.74) is 0. The molecule has 0 spiro atoms. The Morgan fingerprint density at radius 2 is 1.27 bits per heavy atom. The van der Waals surface area contributed by atoms with Crippen molar-refractivity contribution in [2.24, 2.45) is 0 Å². The third-order valence-electron chi connectivity index (χ3n) is 1.56. The minimum Gasteiger partial charge on any atom is -0.490 e. The van der Waals surface area contributed by atoms with Crippen molar-refractivity contribution in [3.63, 3.8) is 0 Å². The monoisotopic (exact) mass is 156 g/mol. The predicted octanol–water partition coefficient (Wildman–Crippen LogP) is 1.91. The molecule has 62 valence electrons. The minimum absolute atomic E-state index is 0.685. The van der Waals surface area contributed by atoms with Gasteiger partial charge < -0.3 is 13.9 Å². The number of hydrogen-bond donors (Lipinski definition) is 0. The van der Waals surface area contributed by atoms with Crippen LogP contribution in [0, 0.1) is 13.8 Å². The van der Waals surface area contributed by atoms with Gasteiger partial charge in [0.25, 0.3) is 0 Å². The van der Waals surface area contributed by atoms with Crippen molar-refractivity contribution in [3.05, 3.63) is 11.5 Å². The van der Waals surface area contributed by atoms with E-state index in [0.29, 0.717) is 11.5 Å². The Hall–Kier alpha value is -1.12. The van der Waals surface area contributed by atoms with E-state index in [1.54, 1.807) is 14.2 Å². The van der Waals surface area contributed by atoms with Gasteiger partial charge in [-0.05, 0) is 13.8 Å². The van der Waals surface area contributed by atoms with Crippen molar-refractivity contribution in [1.29, 1.82) is 0 Å². The Morgan fingerprint density at radius 3 is 1.55 bits per heavy atom. The summed E-state index contributed by atoms with van der Waals surface area (Å²) in [5.74, 6) is 2.87. The SMILES string of the molecule is COc1c(C)oc(C)c1OC. The largest absolute Gasteiger partial charge is 0.490 e. The number of aryl methyl sites for hydroxylation is 2. The summed E-state index contributed by atoms with van der Waals surface area (Å²) in [5, 5.41) is 0. The molecule has 1 rings (SSSR count). The molecular formula is C8H12O3. The Balaban J connectivity index is 3.17. The van der Waals surface area contributed by atoms with Gasteiger partial charge in [-0.2, -0.15) is 0 Å². The first kappa shape index (κ1) is 7.98. The standard InChI is InChI=1S/C8H12O3/c1-5-7(9-3)8(10-4)6(2)11-5/h1-4H3. The molecule has 11 heavy (non-hydrogen) atoms. The zero-order valence-corrected chi connectivity index (χ0v) is 7.22. The summed E-state index contributed by atoms with van der Waals surface area (Å²) in [6, 6.07) is 0. The molecule has 0 amide bonds. The molecule has 1 aromatic heterocycles. The second-order valence-corrected chi connectivity index (χ2v) is 2.28. The molecule has 0 unspecified atom stereocenters. The van der Waals surface area contributed by atoms with Gasteiger partial charge in [-0.15, -0.1) is 0 Å². The molecule has 0 aliphatic rings. The van der Waals surface area contributed by atoms with E-state index in [1.165, 1.54) is 0 Å². The molecule has 0 saturated heterocycles. The maximum Gasteiger partial charge on any atom is 0.202 e. The fraction of sp³-hybridized carbons (Fsp3) is 0.500. The van der Waals surface area contributed by atoms with Gasteiger partial charge in [0.2, 0.25) is 11.5 Å². The van der Waals surface area contributed by atoms with Crippen LogP contribution in [0.1, 0.15) is 11.5 Å². The second-order valence-electron chi connectivity index (χ2n) is 2.28. The molecule has 0 bridgehead atoms.